The molecule has 1 heterocycles. The Kier molecular flexibility index (Phi) is 3.64. The highest BCUT2D eigenvalue weighted by molar-refractivity contribution is 6.04. The number of nitrogens with zero attached hydrogens (tertiary/aromatic N) is 2. The first-order valence-electron chi connectivity index (χ1n) is 6.06. The molecule has 2 rings (SSSR count). The number of aromatic nitrogens is 2. The van der Waals surface area contributed by atoms with Crippen LogP contribution in [0.25, 0.3) is 0 Å². The fourth-order valence-corrected chi connectivity index (χ4v) is 1.83. The second-order valence-corrected chi connectivity index (χ2v) is 4.74. The van der Waals surface area contributed by atoms with Crippen molar-refractivity contribution in [3.8, 4) is 0 Å². The van der Waals surface area contributed by atoms with Crippen LogP contribution in [0.4, 0.5) is 10.2 Å². The van der Waals surface area contributed by atoms with Gasteiger partial charge in [0.2, 0.25) is 0 Å². The van der Waals surface area contributed by atoms with Gasteiger partial charge < -0.3 is 9.88 Å². The van der Waals surface area contributed by atoms with Crippen molar-refractivity contribution in [1.29, 1.82) is 0 Å². The van der Waals surface area contributed by atoms with Crippen LogP contribution in [0.3, 0.4) is 0 Å². The molecule has 5 heteroatoms. The minimum absolute atomic E-state index is 0.0302. The molecule has 0 spiro atoms. The van der Waals surface area contributed by atoms with Crippen LogP contribution >= 0.6 is 0 Å². The lowest BCUT2D eigenvalue weighted by Gasteiger charge is -2.10. The van der Waals surface area contributed by atoms with Gasteiger partial charge in [-0.1, -0.05) is 26.0 Å². The summed E-state index contributed by atoms with van der Waals surface area (Å²) < 4.78 is 15.9. The molecule has 1 aromatic carbocycles. The molecule has 4 nitrogen and oxygen atoms in total. The average molecular weight is 261 g/mol. The van der Waals surface area contributed by atoms with Gasteiger partial charge in [0, 0.05) is 13.2 Å². The van der Waals surface area contributed by atoms with Crippen LogP contribution in [0.5, 0.6) is 0 Å². The number of rotatable bonds is 3. The minimum Gasteiger partial charge on any atom is -0.338 e. The Hall–Kier alpha value is -2.17. The maximum absolute atomic E-state index is 14.2. The number of halogens is 1. The van der Waals surface area contributed by atoms with Gasteiger partial charge in [-0.05, 0) is 17.5 Å². The molecule has 0 aliphatic carbocycles. The van der Waals surface area contributed by atoms with Crippen molar-refractivity contribution < 1.29 is 9.18 Å². The zero-order valence-electron chi connectivity index (χ0n) is 11.1. The molecule has 19 heavy (non-hydrogen) atoms. The third kappa shape index (κ3) is 2.81. The van der Waals surface area contributed by atoms with Crippen molar-refractivity contribution in [1.82, 2.24) is 9.55 Å². The molecule has 0 unspecified atom stereocenters. The van der Waals surface area contributed by atoms with Crippen molar-refractivity contribution in [2.24, 2.45) is 7.05 Å². The molecule has 1 N–H and O–H groups in total. The molecular formula is C14H16FN3O. The van der Waals surface area contributed by atoms with Crippen LogP contribution in [0.15, 0.2) is 30.7 Å². The molecule has 2 aromatic rings. The zero-order valence-corrected chi connectivity index (χ0v) is 11.1. The zero-order chi connectivity index (χ0) is 14.0. The molecule has 0 radical (unpaired) electrons. The van der Waals surface area contributed by atoms with Gasteiger partial charge in [-0.2, -0.15) is 0 Å². The Morgan fingerprint density at radius 1 is 1.42 bits per heavy atom. The maximum Gasteiger partial charge on any atom is 0.259 e. The van der Waals surface area contributed by atoms with Gasteiger partial charge in [-0.15, -0.1) is 0 Å². The number of benzene rings is 1. The molecule has 0 saturated carbocycles. The Bertz CT molecular complexity index is 604. The average Bonchev–Trinajstić information content (AvgIpc) is 2.74. The Labute approximate surface area is 111 Å². The van der Waals surface area contributed by atoms with Crippen LogP contribution in [0.2, 0.25) is 0 Å². The van der Waals surface area contributed by atoms with E-state index >= 15 is 0 Å². The largest absolute Gasteiger partial charge is 0.338 e. The molecule has 1 amide bonds. The summed E-state index contributed by atoms with van der Waals surface area (Å²) in [5.74, 6) is -0.519. The summed E-state index contributed by atoms with van der Waals surface area (Å²) in [5, 5.41) is 2.58. The van der Waals surface area contributed by atoms with E-state index in [9.17, 15) is 9.18 Å². The SMILES string of the molecule is CC(C)c1cccc(C(=O)Nc2cn(C)cn2)c1F. The summed E-state index contributed by atoms with van der Waals surface area (Å²) >= 11 is 0. The normalized spacial score (nSPS) is 10.8. The van der Waals surface area contributed by atoms with Gasteiger partial charge >= 0.3 is 0 Å². The number of hydrogen-bond donors (Lipinski definition) is 1. The van der Waals surface area contributed by atoms with E-state index in [0.717, 1.165) is 0 Å². The molecule has 0 aliphatic heterocycles. The molecule has 0 saturated heterocycles. The summed E-state index contributed by atoms with van der Waals surface area (Å²) in [4.78, 5) is 16.0. The lowest BCUT2D eigenvalue weighted by atomic mass is 9.99. The van der Waals surface area contributed by atoms with Crippen molar-refractivity contribution in [3.05, 3.63) is 47.7 Å². The fourth-order valence-electron chi connectivity index (χ4n) is 1.83. The third-order valence-corrected chi connectivity index (χ3v) is 2.84. The summed E-state index contributed by atoms with van der Waals surface area (Å²) in [6.07, 6.45) is 3.22. The number of aryl methyl sites for hydroxylation is 1. The molecule has 1 aromatic heterocycles. The van der Waals surface area contributed by atoms with Crippen molar-refractivity contribution in [3.63, 3.8) is 0 Å². The Morgan fingerprint density at radius 3 is 2.74 bits per heavy atom. The Morgan fingerprint density at radius 2 is 2.16 bits per heavy atom. The van der Waals surface area contributed by atoms with Gasteiger partial charge in [-0.25, -0.2) is 9.37 Å². The first kappa shape index (κ1) is 13.3. The van der Waals surface area contributed by atoms with Crippen molar-refractivity contribution in [2.75, 3.05) is 5.32 Å². The first-order valence-corrected chi connectivity index (χ1v) is 6.06. The molecule has 0 fully saturated rings. The first-order chi connectivity index (χ1) is 8.99. The number of nitrogens with one attached hydrogen (secondary N) is 1. The summed E-state index contributed by atoms with van der Waals surface area (Å²) in [6, 6.07) is 4.85. The van der Waals surface area contributed by atoms with E-state index in [1.54, 1.807) is 36.3 Å². The summed E-state index contributed by atoms with van der Waals surface area (Å²) in [7, 11) is 1.79. The monoisotopic (exact) mass is 261 g/mol. The number of anilines is 1. The predicted octanol–water partition coefficient (Wildman–Crippen LogP) is 2.93. The highest BCUT2D eigenvalue weighted by Crippen LogP contribution is 2.21. The van der Waals surface area contributed by atoms with Crippen molar-refractivity contribution in [2.45, 2.75) is 19.8 Å². The lowest BCUT2D eigenvalue weighted by molar-refractivity contribution is 0.102. The lowest BCUT2D eigenvalue weighted by Crippen LogP contribution is -2.15. The van der Waals surface area contributed by atoms with E-state index < -0.39 is 11.7 Å². The van der Waals surface area contributed by atoms with Gasteiger partial charge in [0.1, 0.15) is 5.82 Å². The van der Waals surface area contributed by atoms with Gasteiger partial charge in [-0.3, -0.25) is 4.79 Å². The Balaban J connectivity index is 2.26. The standard InChI is InChI=1S/C14H16FN3O/c1-9(2)10-5-4-6-11(13(10)15)14(19)17-12-7-18(3)8-16-12/h4-9H,1-3H3,(H,17,19). The topological polar surface area (TPSA) is 46.9 Å². The van der Waals surface area contributed by atoms with E-state index in [1.165, 1.54) is 6.07 Å². The number of carbonyl (C=O) groups is 1. The van der Waals surface area contributed by atoms with Gasteiger partial charge in [0.05, 0.1) is 11.9 Å². The van der Waals surface area contributed by atoms with E-state index in [-0.39, 0.29) is 11.5 Å². The third-order valence-electron chi connectivity index (χ3n) is 2.84. The van der Waals surface area contributed by atoms with E-state index in [4.69, 9.17) is 0 Å². The number of hydrogen-bond acceptors (Lipinski definition) is 2. The van der Waals surface area contributed by atoms with Crippen molar-refractivity contribution >= 4 is 11.7 Å². The van der Waals surface area contributed by atoms with E-state index in [0.29, 0.717) is 11.4 Å². The summed E-state index contributed by atoms with van der Waals surface area (Å²) in [5.41, 5.74) is 0.575. The second kappa shape index (κ2) is 5.22. The maximum atomic E-state index is 14.2. The molecule has 0 atom stereocenters. The minimum atomic E-state index is -0.487. The highest BCUT2D eigenvalue weighted by atomic mass is 19.1. The number of carbonyl (C=O) groups excluding carboxylic acids is 1. The van der Waals surface area contributed by atoms with Gasteiger partial charge in [0.15, 0.2) is 5.82 Å². The van der Waals surface area contributed by atoms with Crippen LogP contribution < -0.4 is 5.32 Å². The van der Waals surface area contributed by atoms with Crippen LogP contribution in [0, 0.1) is 5.82 Å². The molecular weight excluding hydrogens is 245 g/mol. The highest BCUT2D eigenvalue weighted by Gasteiger charge is 2.17. The van der Waals surface area contributed by atoms with E-state index in [2.05, 4.69) is 10.3 Å². The fraction of sp³-hybridized carbons (Fsp3) is 0.286. The van der Waals surface area contributed by atoms with Gasteiger partial charge in [0.25, 0.3) is 5.91 Å². The molecule has 0 bridgehead atoms. The quantitative estimate of drug-likeness (QED) is 0.923. The smallest absolute Gasteiger partial charge is 0.259 e. The summed E-state index contributed by atoms with van der Waals surface area (Å²) in [6.45, 7) is 3.78. The van der Waals surface area contributed by atoms with Crippen LogP contribution in [-0.2, 0) is 7.05 Å². The number of imidazole rings is 1. The van der Waals surface area contributed by atoms with Crippen LogP contribution in [0.1, 0.15) is 35.7 Å². The molecule has 0 aliphatic rings. The van der Waals surface area contributed by atoms with E-state index in [1.807, 2.05) is 13.8 Å². The predicted molar refractivity (Wildman–Crippen MR) is 71.7 cm³/mol. The molecule has 100 valence electrons. The second-order valence-electron chi connectivity index (χ2n) is 4.74. The van der Waals surface area contributed by atoms with Crippen LogP contribution in [-0.4, -0.2) is 15.5 Å². The number of amides is 1.